The van der Waals surface area contributed by atoms with Crippen molar-refractivity contribution in [1.29, 1.82) is 0 Å². The molecule has 10 heteroatoms. The van der Waals surface area contributed by atoms with Crippen molar-refractivity contribution in [3.05, 3.63) is 65.3 Å². The summed E-state index contributed by atoms with van der Waals surface area (Å²) < 4.78 is 30.1. The molecule has 1 aromatic heterocycles. The quantitative estimate of drug-likeness (QED) is 0.661. The number of hydrogen-bond acceptors (Lipinski definition) is 5. The largest absolute Gasteiger partial charge is 0.378 e. The van der Waals surface area contributed by atoms with Crippen LogP contribution >= 0.6 is 11.6 Å². The summed E-state index contributed by atoms with van der Waals surface area (Å²) in [4.78, 5) is 14.7. The van der Waals surface area contributed by atoms with Crippen molar-refractivity contribution >= 4 is 27.5 Å². The third-order valence-electron chi connectivity index (χ3n) is 4.78. The van der Waals surface area contributed by atoms with Crippen LogP contribution in [0.3, 0.4) is 0 Å². The number of primary sulfonamides is 1. The van der Waals surface area contributed by atoms with Crippen LogP contribution in [0.1, 0.15) is 10.5 Å². The zero-order chi connectivity index (χ0) is 21.3. The minimum absolute atomic E-state index is 0.00780. The number of amides is 1. The topological polar surface area (TPSA) is 108 Å². The van der Waals surface area contributed by atoms with Crippen molar-refractivity contribution in [2.24, 2.45) is 5.14 Å². The van der Waals surface area contributed by atoms with Gasteiger partial charge in [0.2, 0.25) is 10.0 Å². The van der Waals surface area contributed by atoms with Crippen LogP contribution in [0.2, 0.25) is 5.02 Å². The van der Waals surface area contributed by atoms with Crippen LogP contribution in [0.25, 0.3) is 16.9 Å². The van der Waals surface area contributed by atoms with E-state index in [4.69, 9.17) is 21.5 Å². The van der Waals surface area contributed by atoms with Gasteiger partial charge in [-0.05, 0) is 42.5 Å². The van der Waals surface area contributed by atoms with E-state index in [0.29, 0.717) is 48.3 Å². The lowest BCUT2D eigenvalue weighted by Gasteiger charge is -2.25. The Kier molecular flexibility index (Phi) is 5.61. The number of ether oxygens (including phenoxy) is 1. The van der Waals surface area contributed by atoms with Crippen molar-refractivity contribution in [2.75, 3.05) is 26.3 Å². The van der Waals surface area contributed by atoms with E-state index in [9.17, 15) is 13.2 Å². The second-order valence-corrected chi connectivity index (χ2v) is 8.77. The fraction of sp³-hybridized carbons (Fsp3) is 0.200. The molecule has 8 nitrogen and oxygen atoms in total. The van der Waals surface area contributed by atoms with Crippen LogP contribution in [0.4, 0.5) is 0 Å². The first-order chi connectivity index (χ1) is 14.3. The van der Waals surface area contributed by atoms with E-state index < -0.39 is 10.0 Å². The molecule has 1 fully saturated rings. The summed E-state index contributed by atoms with van der Waals surface area (Å²) in [7, 11) is -3.80. The maximum Gasteiger partial charge on any atom is 0.274 e. The zero-order valence-corrected chi connectivity index (χ0v) is 17.4. The molecule has 1 amide bonds. The van der Waals surface area contributed by atoms with Crippen LogP contribution in [0.15, 0.2) is 59.5 Å². The highest BCUT2D eigenvalue weighted by molar-refractivity contribution is 7.89. The molecule has 2 N–H and O–H groups in total. The standard InChI is InChI=1S/C20H19ClN4O4S/c21-15-3-5-16(6-4-15)25-19(14-1-7-17(8-2-14)30(22,27)28)13-18(23-25)20(26)24-9-11-29-12-10-24/h1-8,13H,9-12H2,(H2,22,27,28). The van der Waals surface area contributed by atoms with Crippen LogP contribution in [0.5, 0.6) is 0 Å². The first-order valence-electron chi connectivity index (χ1n) is 9.19. The van der Waals surface area contributed by atoms with Gasteiger partial charge in [0.15, 0.2) is 5.69 Å². The SMILES string of the molecule is NS(=O)(=O)c1ccc(-c2cc(C(=O)N3CCOCC3)nn2-c2ccc(Cl)cc2)cc1. The lowest BCUT2D eigenvalue weighted by atomic mass is 10.1. The van der Waals surface area contributed by atoms with Gasteiger partial charge in [0.25, 0.3) is 5.91 Å². The van der Waals surface area contributed by atoms with E-state index in [2.05, 4.69) is 5.10 Å². The maximum atomic E-state index is 12.9. The van der Waals surface area contributed by atoms with Gasteiger partial charge >= 0.3 is 0 Å². The van der Waals surface area contributed by atoms with Gasteiger partial charge in [0.05, 0.1) is 29.5 Å². The Balaban J connectivity index is 1.78. The number of rotatable bonds is 4. The number of nitrogens with zero attached hydrogens (tertiary/aromatic N) is 3. The van der Waals surface area contributed by atoms with Crippen molar-refractivity contribution in [3.63, 3.8) is 0 Å². The predicted molar refractivity (Wildman–Crippen MR) is 112 cm³/mol. The number of halogens is 1. The number of benzene rings is 2. The summed E-state index contributed by atoms with van der Waals surface area (Å²) in [5.74, 6) is -0.187. The third-order valence-corrected chi connectivity index (χ3v) is 5.96. The van der Waals surface area contributed by atoms with Gasteiger partial charge in [-0.25, -0.2) is 18.2 Å². The summed E-state index contributed by atoms with van der Waals surface area (Å²) in [6.07, 6.45) is 0. The van der Waals surface area contributed by atoms with Crippen LogP contribution in [-0.4, -0.2) is 55.3 Å². The van der Waals surface area contributed by atoms with Crippen molar-refractivity contribution in [1.82, 2.24) is 14.7 Å². The average Bonchev–Trinajstić information content (AvgIpc) is 3.19. The lowest BCUT2D eigenvalue weighted by molar-refractivity contribution is 0.0298. The van der Waals surface area contributed by atoms with Gasteiger partial charge in [0.1, 0.15) is 0 Å². The molecular formula is C20H19ClN4O4S. The van der Waals surface area contributed by atoms with Gasteiger partial charge in [-0.1, -0.05) is 23.7 Å². The lowest BCUT2D eigenvalue weighted by Crippen LogP contribution is -2.40. The van der Waals surface area contributed by atoms with Crippen LogP contribution in [0, 0.1) is 0 Å². The highest BCUT2D eigenvalue weighted by Gasteiger charge is 2.23. The van der Waals surface area contributed by atoms with Crippen LogP contribution in [-0.2, 0) is 14.8 Å². The molecule has 2 heterocycles. The molecular weight excluding hydrogens is 428 g/mol. The van der Waals surface area contributed by atoms with Gasteiger partial charge in [0, 0.05) is 23.7 Å². The second kappa shape index (κ2) is 8.19. The zero-order valence-electron chi connectivity index (χ0n) is 15.9. The highest BCUT2D eigenvalue weighted by atomic mass is 35.5. The molecule has 0 unspecified atom stereocenters. The molecule has 30 heavy (non-hydrogen) atoms. The molecule has 0 radical (unpaired) electrons. The molecule has 4 rings (SSSR count). The van der Waals surface area contributed by atoms with Crippen LogP contribution < -0.4 is 5.14 Å². The summed E-state index contributed by atoms with van der Waals surface area (Å²) in [5.41, 5.74) is 2.32. The Morgan fingerprint density at radius 1 is 1.03 bits per heavy atom. The number of hydrogen-bond donors (Lipinski definition) is 1. The Morgan fingerprint density at radius 3 is 2.27 bits per heavy atom. The van der Waals surface area contributed by atoms with Gasteiger partial charge in [-0.2, -0.15) is 5.10 Å². The Labute approximate surface area is 178 Å². The number of nitrogens with two attached hydrogens (primary N) is 1. The van der Waals surface area contributed by atoms with E-state index >= 15 is 0 Å². The Morgan fingerprint density at radius 2 is 1.67 bits per heavy atom. The number of carbonyl (C=O) groups excluding carboxylic acids is 1. The van der Waals surface area contributed by atoms with Gasteiger partial charge < -0.3 is 9.64 Å². The molecule has 156 valence electrons. The summed E-state index contributed by atoms with van der Waals surface area (Å²) in [6.45, 7) is 1.99. The third kappa shape index (κ3) is 4.24. The molecule has 1 aliphatic heterocycles. The van der Waals surface area contributed by atoms with E-state index in [-0.39, 0.29) is 16.5 Å². The second-order valence-electron chi connectivity index (χ2n) is 6.78. The average molecular weight is 447 g/mol. The Hall–Kier alpha value is -2.72. The minimum Gasteiger partial charge on any atom is -0.378 e. The first-order valence-corrected chi connectivity index (χ1v) is 11.1. The maximum absolute atomic E-state index is 12.9. The van der Waals surface area contributed by atoms with Gasteiger partial charge in [-0.15, -0.1) is 0 Å². The normalized spacial score (nSPS) is 14.7. The smallest absolute Gasteiger partial charge is 0.274 e. The van der Waals surface area contributed by atoms with E-state index in [1.165, 1.54) is 12.1 Å². The summed E-state index contributed by atoms with van der Waals surface area (Å²) in [6, 6.07) is 14.9. The number of carbonyl (C=O) groups is 1. The van der Waals surface area contributed by atoms with Crippen molar-refractivity contribution < 1.29 is 17.9 Å². The molecule has 0 aliphatic carbocycles. The molecule has 0 atom stereocenters. The predicted octanol–water partition coefficient (Wildman–Crippen LogP) is 2.31. The number of morpholine rings is 1. The molecule has 0 bridgehead atoms. The minimum atomic E-state index is -3.80. The summed E-state index contributed by atoms with van der Waals surface area (Å²) >= 11 is 6.00. The van der Waals surface area contributed by atoms with Crippen molar-refractivity contribution in [3.8, 4) is 16.9 Å². The monoisotopic (exact) mass is 446 g/mol. The molecule has 0 spiro atoms. The number of aromatic nitrogens is 2. The molecule has 0 saturated carbocycles. The Bertz CT molecular complexity index is 1170. The number of sulfonamides is 1. The van der Waals surface area contributed by atoms with Gasteiger partial charge in [-0.3, -0.25) is 4.79 Å². The fourth-order valence-electron chi connectivity index (χ4n) is 3.21. The van der Waals surface area contributed by atoms with E-state index in [1.54, 1.807) is 52.0 Å². The molecule has 1 saturated heterocycles. The molecule has 1 aliphatic rings. The molecule has 2 aromatic carbocycles. The fourth-order valence-corrected chi connectivity index (χ4v) is 3.86. The molecule has 3 aromatic rings. The van der Waals surface area contributed by atoms with Crippen molar-refractivity contribution in [2.45, 2.75) is 4.90 Å². The first kappa shape index (κ1) is 20.5. The van der Waals surface area contributed by atoms with E-state index in [1.807, 2.05) is 0 Å². The highest BCUT2D eigenvalue weighted by Crippen LogP contribution is 2.26. The van der Waals surface area contributed by atoms with E-state index in [0.717, 1.165) is 0 Å². The summed E-state index contributed by atoms with van der Waals surface area (Å²) in [5, 5.41) is 10.3.